The molecular formula is C16H19N3O2. The van der Waals surface area contributed by atoms with E-state index in [0.717, 1.165) is 31.5 Å². The Hall–Kier alpha value is -2.06. The van der Waals surface area contributed by atoms with Gasteiger partial charge in [-0.2, -0.15) is 5.26 Å². The van der Waals surface area contributed by atoms with Crippen LogP contribution in [-0.4, -0.2) is 49.0 Å². The van der Waals surface area contributed by atoms with E-state index in [9.17, 15) is 10.1 Å². The zero-order valence-electron chi connectivity index (χ0n) is 12.4. The first-order chi connectivity index (χ1) is 10.1. The van der Waals surface area contributed by atoms with Crippen molar-refractivity contribution in [2.24, 2.45) is 0 Å². The fourth-order valence-electron chi connectivity index (χ4n) is 3.04. The third kappa shape index (κ3) is 2.36. The third-order valence-electron chi connectivity index (χ3n) is 4.36. The molecule has 0 saturated carbocycles. The summed E-state index contributed by atoms with van der Waals surface area (Å²) >= 11 is 0. The van der Waals surface area contributed by atoms with Crippen LogP contribution in [0.5, 0.6) is 5.75 Å². The lowest BCUT2D eigenvalue weighted by Crippen LogP contribution is -2.35. The van der Waals surface area contributed by atoms with Gasteiger partial charge in [0.2, 0.25) is 0 Å². The zero-order valence-corrected chi connectivity index (χ0v) is 12.4. The van der Waals surface area contributed by atoms with Crippen molar-refractivity contribution in [3.63, 3.8) is 0 Å². The van der Waals surface area contributed by atoms with Gasteiger partial charge in [0.15, 0.2) is 0 Å². The van der Waals surface area contributed by atoms with Crippen molar-refractivity contribution in [1.29, 1.82) is 5.26 Å². The minimum atomic E-state index is -0.506. The van der Waals surface area contributed by atoms with Crippen LogP contribution in [0.15, 0.2) is 18.2 Å². The number of ether oxygens (including phenoxy) is 1. The van der Waals surface area contributed by atoms with Crippen molar-refractivity contribution >= 4 is 5.91 Å². The second-order valence-electron chi connectivity index (χ2n) is 5.79. The molecule has 0 N–H and O–H groups in total. The number of piperidine rings is 1. The van der Waals surface area contributed by atoms with Crippen LogP contribution in [0.1, 0.15) is 34.8 Å². The number of hydrogen-bond acceptors (Lipinski definition) is 4. The maximum absolute atomic E-state index is 12.4. The molecule has 1 unspecified atom stereocenters. The summed E-state index contributed by atoms with van der Waals surface area (Å²) in [7, 11) is 3.77. The quantitative estimate of drug-likeness (QED) is 0.831. The molecular weight excluding hydrogens is 266 g/mol. The highest BCUT2D eigenvalue weighted by Crippen LogP contribution is 2.38. The summed E-state index contributed by atoms with van der Waals surface area (Å²) in [6, 6.07) is 7.21. The number of benzene rings is 1. The number of amides is 1. The van der Waals surface area contributed by atoms with Gasteiger partial charge in [0.1, 0.15) is 17.9 Å². The molecule has 1 aromatic carbocycles. The first-order valence-corrected chi connectivity index (χ1v) is 7.26. The topological polar surface area (TPSA) is 56.6 Å². The standard InChI is InChI=1S/C16H19N3O2/c1-18-8-6-11(7-9-18)21-14-5-3-4-12-13(10-17)19(2)16(20)15(12)14/h3-5,11,13H,6-9H2,1-2H3. The van der Waals surface area contributed by atoms with Crippen molar-refractivity contribution in [3.8, 4) is 11.8 Å². The van der Waals surface area contributed by atoms with Gasteiger partial charge in [-0.15, -0.1) is 0 Å². The van der Waals surface area contributed by atoms with E-state index >= 15 is 0 Å². The summed E-state index contributed by atoms with van der Waals surface area (Å²) < 4.78 is 6.07. The molecule has 2 aliphatic rings. The molecule has 1 saturated heterocycles. The molecule has 5 heteroatoms. The van der Waals surface area contributed by atoms with E-state index in [1.807, 2.05) is 18.2 Å². The summed E-state index contributed by atoms with van der Waals surface area (Å²) in [5.41, 5.74) is 1.32. The maximum atomic E-state index is 12.4. The van der Waals surface area contributed by atoms with Gasteiger partial charge in [0, 0.05) is 25.7 Å². The predicted molar refractivity (Wildman–Crippen MR) is 78.0 cm³/mol. The normalized spacial score (nSPS) is 23.0. The number of nitrogens with zero attached hydrogens (tertiary/aromatic N) is 3. The molecule has 21 heavy (non-hydrogen) atoms. The van der Waals surface area contributed by atoms with E-state index < -0.39 is 6.04 Å². The Morgan fingerprint density at radius 3 is 2.67 bits per heavy atom. The number of hydrogen-bond donors (Lipinski definition) is 0. The summed E-state index contributed by atoms with van der Waals surface area (Å²) in [5.74, 6) is 0.497. The monoisotopic (exact) mass is 285 g/mol. The number of likely N-dealkylation sites (tertiary alicyclic amines) is 1. The second kappa shape index (κ2) is 5.38. The van der Waals surface area contributed by atoms with E-state index in [2.05, 4.69) is 18.0 Å². The summed E-state index contributed by atoms with van der Waals surface area (Å²) in [6.45, 7) is 2.02. The zero-order chi connectivity index (χ0) is 15.0. The highest BCUT2D eigenvalue weighted by atomic mass is 16.5. The molecule has 0 spiro atoms. The van der Waals surface area contributed by atoms with E-state index in [1.165, 1.54) is 4.90 Å². The highest BCUT2D eigenvalue weighted by Gasteiger charge is 2.37. The molecule has 2 heterocycles. The minimum Gasteiger partial charge on any atom is -0.489 e. The van der Waals surface area contributed by atoms with Crippen LogP contribution < -0.4 is 4.74 Å². The van der Waals surface area contributed by atoms with E-state index in [1.54, 1.807) is 7.05 Å². The molecule has 110 valence electrons. The Bertz CT molecular complexity index is 600. The Morgan fingerprint density at radius 2 is 2.00 bits per heavy atom. The molecule has 0 aliphatic carbocycles. The largest absolute Gasteiger partial charge is 0.489 e. The van der Waals surface area contributed by atoms with Gasteiger partial charge in [-0.1, -0.05) is 12.1 Å². The van der Waals surface area contributed by atoms with Crippen LogP contribution in [-0.2, 0) is 0 Å². The van der Waals surface area contributed by atoms with Crippen LogP contribution in [0.4, 0.5) is 0 Å². The van der Waals surface area contributed by atoms with Crippen molar-refractivity contribution in [1.82, 2.24) is 9.80 Å². The van der Waals surface area contributed by atoms with Crippen molar-refractivity contribution < 1.29 is 9.53 Å². The Morgan fingerprint density at radius 1 is 1.29 bits per heavy atom. The lowest BCUT2D eigenvalue weighted by Gasteiger charge is -2.29. The number of rotatable bonds is 2. The van der Waals surface area contributed by atoms with Gasteiger partial charge in [-0.05, 0) is 26.0 Å². The van der Waals surface area contributed by atoms with Gasteiger partial charge < -0.3 is 14.5 Å². The molecule has 1 fully saturated rings. The Labute approximate surface area is 124 Å². The van der Waals surface area contributed by atoms with Gasteiger partial charge in [-0.3, -0.25) is 4.79 Å². The van der Waals surface area contributed by atoms with Gasteiger partial charge in [0.05, 0.1) is 11.6 Å². The number of carbonyl (C=O) groups is 1. The Kier molecular flexibility index (Phi) is 3.56. The highest BCUT2D eigenvalue weighted by molar-refractivity contribution is 6.02. The van der Waals surface area contributed by atoms with Crippen LogP contribution in [0.2, 0.25) is 0 Å². The Balaban J connectivity index is 1.87. The van der Waals surface area contributed by atoms with Crippen molar-refractivity contribution in [2.45, 2.75) is 25.0 Å². The van der Waals surface area contributed by atoms with Crippen LogP contribution in [0.25, 0.3) is 0 Å². The second-order valence-corrected chi connectivity index (χ2v) is 5.79. The number of fused-ring (bicyclic) bond motifs is 1. The average molecular weight is 285 g/mol. The SMILES string of the molecule is CN1CCC(Oc2cccc3c2C(=O)N(C)C3C#N)CC1. The predicted octanol–water partition coefficient (Wildman–Crippen LogP) is 1.81. The molecule has 1 aromatic rings. The minimum absolute atomic E-state index is 0.125. The lowest BCUT2D eigenvalue weighted by atomic mass is 10.0. The molecule has 1 atom stereocenters. The summed E-state index contributed by atoms with van der Waals surface area (Å²) in [5, 5.41) is 9.25. The van der Waals surface area contributed by atoms with E-state index in [4.69, 9.17) is 4.74 Å². The van der Waals surface area contributed by atoms with Crippen molar-refractivity contribution in [2.75, 3.05) is 27.2 Å². The fraction of sp³-hybridized carbons (Fsp3) is 0.500. The van der Waals surface area contributed by atoms with Gasteiger partial charge in [0.25, 0.3) is 5.91 Å². The van der Waals surface area contributed by atoms with Crippen molar-refractivity contribution in [3.05, 3.63) is 29.3 Å². The molecule has 1 amide bonds. The van der Waals surface area contributed by atoms with E-state index in [-0.39, 0.29) is 12.0 Å². The lowest BCUT2D eigenvalue weighted by molar-refractivity contribution is 0.0787. The number of carbonyl (C=O) groups excluding carboxylic acids is 1. The summed E-state index contributed by atoms with van der Waals surface area (Å²) in [6.07, 6.45) is 2.07. The maximum Gasteiger partial charge on any atom is 0.259 e. The van der Waals surface area contributed by atoms with Gasteiger partial charge in [-0.25, -0.2) is 0 Å². The van der Waals surface area contributed by atoms with Gasteiger partial charge >= 0.3 is 0 Å². The van der Waals surface area contributed by atoms with Crippen LogP contribution in [0.3, 0.4) is 0 Å². The van der Waals surface area contributed by atoms with E-state index in [0.29, 0.717) is 11.3 Å². The molecule has 0 bridgehead atoms. The smallest absolute Gasteiger partial charge is 0.259 e. The summed E-state index contributed by atoms with van der Waals surface area (Å²) in [4.78, 5) is 16.1. The number of nitriles is 1. The third-order valence-corrected chi connectivity index (χ3v) is 4.36. The first kappa shape index (κ1) is 13.9. The van der Waals surface area contributed by atoms with Crippen LogP contribution in [0, 0.1) is 11.3 Å². The molecule has 0 aromatic heterocycles. The van der Waals surface area contributed by atoms with Crippen LogP contribution >= 0.6 is 0 Å². The average Bonchev–Trinajstić information content (AvgIpc) is 2.74. The first-order valence-electron chi connectivity index (χ1n) is 7.26. The molecule has 0 radical (unpaired) electrons. The molecule has 5 nitrogen and oxygen atoms in total. The molecule has 2 aliphatic heterocycles. The molecule has 3 rings (SSSR count). The fourth-order valence-corrected chi connectivity index (χ4v) is 3.04.